The van der Waals surface area contributed by atoms with Gasteiger partial charge in [-0.05, 0) is 18.6 Å². The molecule has 1 heterocycles. The Morgan fingerprint density at radius 1 is 1.36 bits per heavy atom. The smallest absolute Gasteiger partial charge is 0.163 e. The van der Waals surface area contributed by atoms with E-state index < -0.39 is 0 Å². The van der Waals surface area contributed by atoms with E-state index in [1.165, 1.54) is 5.56 Å². The van der Waals surface area contributed by atoms with Crippen LogP contribution in [0.25, 0.3) is 11.4 Å². The molecule has 14 heavy (non-hydrogen) atoms. The minimum Gasteiger partial charge on any atom is -0.317 e. The normalized spacial score (nSPS) is 10.5. The molecular weight excluding hydrogens is 242 g/mol. The van der Waals surface area contributed by atoms with Crippen LogP contribution in [-0.2, 0) is 7.05 Å². The third-order valence-electron chi connectivity index (χ3n) is 2.14. The highest BCUT2D eigenvalue weighted by atomic mass is 79.9. The van der Waals surface area contributed by atoms with Crippen LogP contribution < -0.4 is 0 Å². The number of nitrogens with zero attached hydrogens (tertiary/aromatic N) is 3. The Morgan fingerprint density at radius 2 is 2.14 bits per heavy atom. The minimum atomic E-state index is 0.880. The van der Waals surface area contributed by atoms with Crippen LogP contribution in [-0.4, -0.2) is 14.8 Å². The predicted molar refractivity (Wildman–Crippen MR) is 58.9 cm³/mol. The van der Waals surface area contributed by atoms with Crippen LogP contribution in [0.15, 0.2) is 29.0 Å². The fourth-order valence-corrected chi connectivity index (χ4v) is 1.66. The Labute approximate surface area is 90.9 Å². The van der Waals surface area contributed by atoms with E-state index in [1.807, 2.05) is 17.7 Å². The fourth-order valence-electron chi connectivity index (χ4n) is 1.28. The molecule has 2 aromatic rings. The van der Waals surface area contributed by atoms with Crippen LogP contribution >= 0.6 is 15.9 Å². The van der Waals surface area contributed by atoms with Gasteiger partial charge in [0.15, 0.2) is 5.82 Å². The predicted octanol–water partition coefficient (Wildman–Crippen LogP) is 2.55. The summed E-state index contributed by atoms with van der Waals surface area (Å²) >= 11 is 3.50. The molecule has 72 valence electrons. The third kappa shape index (κ3) is 1.57. The number of benzene rings is 1. The molecule has 0 aliphatic rings. The Bertz CT molecular complexity index is 462. The lowest BCUT2D eigenvalue weighted by atomic mass is 10.1. The number of aromatic nitrogens is 3. The van der Waals surface area contributed by atoms with Crippen molar-refractivity contribution in [2.45, 2.75) is 6.92 Å². The van der Waals surface area contributed by atoms with Crippen LogP contribution in [0.4, 0.5) is 0 Å². The van der Waals surface area contributed by atoms with Gasteiger partial charge in [0.2, 0.25) is 0 Å². The van der Waals surface area contributed by atoms with Crippen molar-refractivity contribution in [3.8, 4) is 11.4 Å². The van der Waals surface area contributed by atoms with Gasteiger partial charge in [0.1, 0.15) is 6.33 Å². The first-order valence-corrected chi connectivity index (χ1v) is 5.08. The molecule has 1 aromatic heterocycles. The lowest BCUT2D eigenvalue weighted by Gasteiger charge is -2.02. The molecule has 4 heteroatoms. The second kappa shape index (κ2) is 3.53. The molecule has 0 saturated heterocycles. The van der Waals surface area contributed by atoms with Gasteiger partial charge in [-0.25, -0.2) is 0 Å². The fraction of sp³-hybridized carbons (Fsp3) is 0.200. The third-order valence-corrected chi connectivity index (χ3v) is 3.00. The van der Waals surface area contributed by atoms with Gasteiger partial charge in [0.05, 0.1) is 0 Å². The van der Waals surface area contributed by atoms with Crippen molar-refractivity contribution >= 4 is 15.9 Å². The van der Waals surface area contributed by atoms with Crippen molar-refractivity contribution in [1.82, 2.24) is 14.8 Å². The largest absolute Gasteiger partial charge is 0.317 e. The Kier molecular flexibility index (Phi) is 2.37. The topological polar surface area (TPSA) is 30.7 Å². The number of aryl methyl sites for hydroxylation is 2. The summed E-state index contributed by atoms with van der Waals surface area (Å²) in [5, 5.41) is 7.90. The van der Waals surface area contributed by atoms with Crippen molar-refractivity contribution in [1.29, 1.82) is 0 Å². The molecule has 0 spiro atoms. The standard InChI is InChI=1S/C10H10BrN3/c1-7-3-4-8(5-9(7)11)10-13-12-6-14(10)2/h3-6H,1-2H3. The lowest BCUT2D eigenvalue weighted by molar-refractivity contribution is 0.919. The summed E-state index contributed by atoms with van der Waals surface area (Å²) in [5.74, 6) is 0.880. The molecule has 2 rings (SSSR count). The van der Waals surface area contributed by atoms with E-state index in [0.29, 0.717) is 0 Å². The van der Waals surface area contributed by atoms with Gasteiger partial charge in [-0.3, -0.25) is 0 Å². The Hall–Kier alpha value is -1.16. The highest BCUT2D eigenvalue weighted by Gasteiger charge is 2.05. The molecule has 0 fully saturated rings. The highest BCUT2D eigenvalue weighted by Crippen LogP contribution is 2.23. The Balaban J connectivity index is 2.53. The number of hydrogen-bond donors (Lipinski definition) is 0. The van der Waals surface area contributed by atoms with E-state index in [0.717, 1.165) is 15.9 Å². The van der Waals surface area contributed by atoms with Crippen molar-refractivity contribution < 1.29 is 0 Å². The van der Waals surface area contributed by atoms with E-state index >= 15 is 0 Å². The molecule has 0 bridgehead atoms. The quantitative estimate of drug-likeness (QED) is 0.780. The molecule has 0 aliphatic carbocycles. The molecule has 0 N–H and O–H groups in total. The average molecular weight is 252 g/mol. The molecule has 1 aromatic carbocycles. The van der Waals surface area contributed by atoms with Crippen LogP contribution in [0.1, 0.15) is 5.56 Å². The van der Waals surface area contributed by atoms with Crippen LogP contribution in [0, 0.1) is 6.92 Å². The molecule has 3 nitrogen and oxygen atoms in total. The van der Waals surface area contributed by atoms with E-state index in [-0.39, 0.29) is 0 Å². The molecule has 0 atom stereocenters. The average Bonchev–Trinajstić information content (AvgIpc) is 2.57. The summed E-state index contributed by atoms with van der Waals surface area (Å²) in [6, 6.07) is 6.16. The molecule has 0 unspecified atom stereocenters. The van der Waals surface area contributed by atoms with Crippen molar-refractivity contribution in [2.24, 2.45) is 7.05 Å². The zero-order chi connectivity index (χ0) is 10.1. The summed E-state index contributed by atoms with van der Waals surface area (Å²) in [6.07, 6.45) is 1.70. The van der Waals surface area contributed by atoms with Crippen LogP contribution in [0.2, 0.25) is 0 Å². The van der Waals surface area contributed by atoms with E-state index in [1.54, 1.807) is 6.33 Å². The summed E-state index contributed by atoms with van der Waals surface area (Å²) < 4.78 is 3.00. The van der Waals surface area contributed by atoms with E-state index in [4.69, 9.17) is 0 Å². The number of hydrogen-bond acceptors (Lipinski definition) is 2. The number of halogens is 1. The minimum absolute atomic E-state index is 0.880. The maximum absolute atomic E-state index is 4.05. The molecule has 0 radical (unpaired) electrons. The van der Waals surface area contributed by atoms with Crippen molar-refractivity contribution in [3.63, 3.8) is 0 Å². The summed E-state index contributed by atoms with van der Waals surface area (Å²) in [5.41, 5.74) is 2.29. The van der Waals surface area contributed by atoms with Gasteiger partial charge in [-0.2, -0.15) is 0 Å². The SMILES string of the molecule is Cc1ccc(-c2nncn2C)cc1Br. The maximum Gasteiger partial charge on any atom is 0.163 e. The maximum atomic E-state index is 4.05. The van der Waals surface area contributed by atoms with E-state index in [2.05, 4.69) is 45.2 Å². The molecule has 0 saturated carbocycles. The monoisotopic (exact) mass is 251 g/mol. The summed E-state index contributed by atoms with van der Waals surface area (Å²) in [6.45, 7) is 2.06. The zero-order valence-electron chi connectivity index (χ0n) is 8.03. The molecule has 0 amide bonds. The van der Waals surface area contributed by atoms with Crippen LogP contribution in [0.3, 0.4) is 0 Å². The first-order chi connectivity index (χ1) is 6.68. The zero-order valence-corrected chi connectivity index (χ0v) is 9.62. The molecular formula is C10H10BrN3. The van der Waals surface area contributed by atoms with E-state index in [9.17, 15) is 0 Å². The van der Waals surface area contributed by atoms with Crippen molar-refractivity contribution in [2.75, 3.05) is 0 Å². The van der Waals surface area contributed by atoms with Gasteiger partial charge in [0, 0.05) is 17.1 Å². The highest BCUT2D eigenvalue weighted by molar-refractivity contribution is 9.10. The number of rotatable bonds is 1. The molecule has 0 aliphatic heterocycles. The lowest BCUT2D eigenvalue weighted by Crippen LogP contribution is -1.91. The van der Waals surface area contributed by atoms with Crippen LogP contribution in [0.5, 0.6) is 0 Å². The van der Waals surface area contributed by atoms with Gasteiger partial charge in [-0.1, -0.05) is 28.1 Å². The summed E-state index contributed by atoms with van der Waals surface area (Å²) in [7, 11) is 1.93. The second-order valence-electron chi connectivity index (χ2n) is 3.23. The first-order valence-electron chi connectivity index (χ1n) is 4.29. The van der Waals surface area contributed by atoms with Crippen molar-refractivity contribution in [3.05, 3.63) is 34.6 Å². The van der Waals surface area contributed by atoms with Gasteiger partial charge in [0.25, 0.3) is 0 Å². The van der Waals surface area contributed by atoms with Gasteiger partial charge < -0.3 is 4.57 Å². The second-order valence-corrected chi connectivity index (χ2v) is 4.08. The summed E-state index contributed by atoms with van der Waals surface area (Å²) in [4.78, 5) is 0. The first kappa shape index (κ1) is 9.40. The Morgan fingerprint density at radius 3 is 2.71 bits per heavy atom. The van der Waals surface area contributed by atoms with Gasteiger partial charge in [-0.15, -0.1) is 10.2 Å². The van der Waals surface area contributed by atoms with Gasteiger partial charge >= 0.3 is 0 Å².